The van der Waals surface area contributed by atoms with Gasteiger partial charge in [-0.1, -0.05) is 164 Å². The van der Waals surface area contributed by atoms with Crippen molar-refractivity contribution in [1.29, 1.82) is 0 Å². The van der Waals surface area contributed by atoms with E-state index in [1.165, 1.54) is 22.1 Å². The summed E-state index contributed by atoms with van der Waals surface area (Å²) in [6, 6.07) is 66.2. The molecule has 0 unspecified atom stereocenters. The minimum atomic E-state index is 0.889. The molecule has 0 aliphatic carbocycles. The van der Waals surface area contributed by atoms with Crippen molar-refractivity contribution >= 4 is 43.5 Å². The quantitative estimate of drug-likeness (QED) is 0.172. The second-order valence-electron chi connectivity index (χ2n) is 13.2. The van der Waals surface area contributed by atoms with E-state index in [1.807, 2.05) is 18.2 Å². The largest absolute Gasteiger partial charge is 0.247 e. The fraction of sp³-hybridized carbons (Fsp3) is 0. The Balaban J connectivity index is 1.19. The third kappa shape index (κ3) is 5.19. The molecule has 3 heteroatoms. The number of rotatable bonds is 5. The molecule has 0 saturated carbocycles. The van der Waals surface area contributed by atoms with Crippen molar-refractivity contribution in [1.82, 2.24) is 15.0 Å². The molecule has 0 aliphatic heterocycles. The highest BCUT2D eigenvalue weighted by atomic mass is 14.8. The summed E-state index contributed by atoms with van der Waals surface area (Å²) in [4.78, 5) is 15.9. The molecular weight excluding hydrogens is 631 g/mol. The van der Waals surface area contributed by atoms with Crippen molar-refractivity contribution in [2.45, 2.75) is 0 Å². The van der Waals surface area contributed by atoms with Crippen LogP contribution >= 0.6 is 0 Å². The molecule has 0 aliphatic rings. The minimum absolute atomic E-state index is 0.889. The predicted molar refractivity (Wildman–Crippen MR) is 217 cm³/mol. The van der Waals surface area contributed by atoms with Crippen LogP contribution in [0.1, 0.15) is 0 Å². The first-order valence-electron chi connectivity index (χ1n) is 17.6. The summed E-state index contributed by atoms with van der Waals surface area (Å²) in [6.45, 7) is 0. The average Bonchev–Trinajstić information content (AvgIpc) is 3.23. The van der Waals surface area contributed by atoms with Gasteiger partial charge in [-0.15, -0.1) is 0 Å². The summed E-state index contributed by atoms with van der Waals surface area (Å²) in [6.07, 6.45) is 0. The van der Waals surface area contributed by atoms with E-state index in [0.717, 1.165) is 77.4 Å². The van der Waals surface area contributed by atoms with Gasteiger partial charge in [-0.3, -0.25) is 0 Å². The number of benzene rings is 7. The standard InChI is InChI=1S/C49H31N3/c1-4-12-32(13-5-1)37-18-10-19-39(30-37)47-42-21-11-20-40(33-14-6-2-7-15-33)46(42)41-27-24-38(31-45(41)52-47)44-29-26-36-23-22-35-25-28-43(34-16-8-3-9-17-34)50-48(35)49(36)51-44/h1-31H. The maximum absolute atomic E-state index is 5.45. The molecule has 0 atom stereocenters. The van der Waals surface area contributed by atoms with Crippen LogP contribution in [0.25, 0.3) is 99.5 Å². The molecule has 7 aromatic carbocycles. The Morgan fingerprint density at radius 1 is 0.308 bits per heavy atom. The predicted octanol–water partition coefficient (Wildman–Crippen LogP) is 12.8. The van der Waals surface area contributed by atoms with Crippen LogP contribution in [0.15, 0.2) is 188 Å². The molecule has 3 nitrogen and oxygen atoms in total. The zero-order valence-corrected chi connectivity index (χ0v) is 28.2. The average molecular weight is 662 g/mol. The summed E-state index contributed by atoms with van der Waals surface area (Å²) in [5.74, 6) is 0. The molecule has 0 N–H and O–H groups in total. The van der Waals surface area contributed by atoms with Gasteiger partial charge in [0.2, 0.25) is 0 Å². The van der Waals surface area contributed by atoms with E-state index in [9.17, 15) is 0 Å². The van der Waals surface area contributed by atoms with Crippen molar-refractivity contribution in [3.63, 3.8) is 0 Å². The zero-order valence-electron chi connectivity index (χ0n) is 28.2. The summed E-state index contributed by atoms with van der Waals surface area (Å²) in [5, 5.41) is 5.57. The van der Waals surface area contributed by atoms with Crippen LogP contribution in [-0.4, -0.2) is 15.0 Å². The Labute approximate surface area is 301 Å². The molecule has 52 heavy (non-hydrogen) atoms. The number of fused-ring (bicyclic) bond motifs is 6. The van der Waals surface area contributed by atoms with E-state index in [0.29, 0.717) is 0 Å². The fourth-order valence-corrected chi connectivity index (χ4v) is 7.47. The number of aromatic nitrogens is 3. The van der Waals surface area contributed by atoms with Crippen molar-refractivity contribution in [2.75, 3.05) is 0 Å². The molecule has 0 amide bonds. The first kappa shape index (κ1) is 29.9. The molecule has 0 saturated heterocycles. The lowest BCUT2D eigenvalue weighted by atomic mass is 9.91. The lowest BCUT2D eigenvalue weighted by Crippen LogP contribution is -1.94. The Morgan fingerprint density at radius 3 is 1.56 bits per heavy atom. The molecule has 3 heterocycles. The van der Waals surface area contributed by atoms with Gasteiger partial charge >= 0.3 is 0 Å². The molecule has 3 aromatic heterocycles. The molecule has 0 fully saturated rings. The van der Waals surface area contributed by atoms with Gasteiger partial charge in [0.05, 0.1) is 33.6 Å². The van der Waals surface area contributed by atoms with E-state index in [1.54, 1.807) is 0 Å². The van der Waals surface area contributed by atoms with E-state index >= 15 is 0 Å². The van der Waals surface area contributed by atoms with Gasteiger partial charge in [-0.2, -0.15) is 0 Å². The summed E-state index contributed by atoms with van der Waals surface area (Å²) in [5.41, 5.74) is 13.4. The van der Waals surface area contributed by atoms with Crippen LogP contribution < -0.4 is 0 Å². The van der Waals surface area contributed by atoms with Crippen LogP contribution in [0.4, 0.5) is 0 Å². The van der Waals surface area contributed by atoms with Crippen LogP contribution in [0.3, 0.4) is 0 Å². The SMILES string of the molecule is c1ccc(-c2cccc(-c3nc4cc(-c5ccc6ccc7ccc(-c8ccccc8)nc7c6n5)ccc4c4c(-c5ccccc5)cccc34)c2)cc1. The first-order chi connectivity index (χ1) is 25.8. The number of nitrogens with zero attached hydrogens (tertiary/aromatic N) is 3. The number of hydrogen-bond acceptors (Lipinski definition) is 3. The van der Waals surface area contributed by atoms with Crippen LogP contribution in [0.5, 0.6) is 0 Å². The molecule has 0 bridgehead atoms. The fourth-order valence-electron chi connectivity index (χ4n) is 7.47. The number of hydrogen-bond donors (Lipinski definition) is 0. The van der Waals surface area contributed by atoms with E-state index in [4.69, 9.17) is 15.0 Å². The van der Waals surface area contributed by atoms with E-state index in [-0.39, 0.29) is 0 Å². The lowest BCUT2D eigenvalue weighted by molar-refractivity contribution is 1.36. The van der Waals surface area contributed by atoms with Crippen molar-refractivity contribution < 1.29 is 0 Å². The molecular formula is C49H31N3. The van der Waals surface area contributed by atoms with Gasteiger partial charge in [0.15, 0.2) is 0 Å². The monoisotopic (exact) mass is 661 g/mol. The Kier molecular flexibility index (Phi) is 7.14. The van der Waals surface area contributed by atoms with Crippen LogP contribution in [0, 0.1) is 0 Å². The van der Waals surface area contributed by atoms with Gasteiger partial charge in [-0.05, 0) is 46.5 Å². The van der Waals surface area contributed by atoms with E-state index < -0.39 is 0 Å². The summed E-state index contributed by atoms with van der Waals surface area (Å²) >= 11 is 0. The van der Waals surface area contributed by atoms with Gasteiger partial charge in [-0.25, -0.2) is 15.0 Å². The maximum Gasteiger partial charge on any atom is 0.0972 e. The third-order valence-electron chi connectivity index (χ3n) is 10.0. The Hall–Kier alpha value is -6.97. The minimum Gasteiger partial charge on any atom is -0.247 e. The van der Waals surface area contributed by atoms with Crippen molar-refractivity contribution in [3.05, 3.63) is 188 Å². The highest BCUT2D eigenvalue weighted by molar-refractivity contribution is 6.17. The Morgan fingerprint density at radius 2 is 0.865 bits per heavy atom. The number of pyridine rings is 3. The van der Waals surface area contributed by atoms with Crippen molar-refractivity contribution in [2.24, 2.45) is 0 Å². The van der Waals surface area contributed by atoms with E-state index in [2.05, 4.69) is 170 Å². The molecule has 0 radical (unpaired) electrons. The Bertz CT molecular complexity index is 2940. The summed E-state index contributed by atoms with van der Waals surface area (Å²) < 4.78 is 0. The lowest BCUT2D eigenvalue weighted by Gasteiger charge is -2.15. The molecule has 242 valence electrons. The third-order valence-corrected chi connectivity index (χ3v) is 10.0. The van der Waals surface area contributed by atoms with Crippen LogP contribution in [0.2, 0.25) is 0 Å². The summed E-state index contributed by atoms with van der Waals surface area (Å²) in [7, 11) is 0. The van der Waals surface area contributed by atoms with Crippen molar-refractivity contribution in [3.8, 4) is 56.0 Å². The first-order valence-corrected chi connectivity index (χ1v) is 17.6. The van der Waals surface area contributed by atoms with Crippen LogP contribution in [-0.2, 0) is 0 Å². The smallest absolute Gasteiger partial charge is 0.0972 e. The topological polar surface area (TPSA) is 38.7 Å². The molecule has 0 spiro atoms. The normalized spacial score (nSPS) is 11.5. The van der Waals surface area contributed by atoms with Gasteiger partial charge < -0.3 is 0 Å². The van der Waals surface area contributed by atoms with Gasteiger partial charge in [0, 0.05) is 43.6 Å². The highest BCUT2D eigenvalue weighted by Crippen LogP contribution is 2.40. The van der Waals surface area contributed by atoms with Gasteiger partial charge in [0.25, 0.3) is 0 Å². The second-order valence-corrected chi connectivity index (χ2v) is 13.2. The maximum atomic E-state index is 5.45. The zero-order chi connectivity index (χ0) is 34.4. The molecule has 10 rings (SSSR count). The van der Waals surface area contributed by atoms with Gasteiger partial charge in [0.1, 0.15) is 0 Å². The second kappa shape index (κ2) is 12.4. The molecule has 10 aromatic rings. The highest BCUT2D eigenvalue weighted by Gasteiger charge is 2.17.